The van der Waals surface area contributed by atoms with Crippen molar-refractivity contribution in [1.82, 2.24) is 10.2 Å². The minimum atomic E-state index is -1.19. The van der Waals surface area contributed by atoms with Gasteiger partial charge in [-0.05, 0) is 32.7 Å². The normalized spacial score (nSPS) is 15.1. The fourth-order valence-electron chi connectivity index (χ4n) is 1.53. The molecule has 0 spiro atoms. The maximum atomic E-state index is 4.10. The summed E-state index contributed by atoms with van der Waals surface area (Å²) in [5.74, 6) is 0. The molecule has 1 atom stereocenters. The van der Waals surface area contributed by atoms with E-state index in [4.69, 9.17) is 0 Å². The largest absolute Gasteiger partial charge is 0.362 e. The van der Waals surface area contributed by atoms with Gasteiger partial charge in [0.2, 0.25) is 0 Å². The van der Waals surface area contributed by atoms with E-state index in [1.165, 1.54) is 5.20 Å². The van der Waals surface area contributed by atoms with Gasteiger partial charge < -0.3 is 4.90 Å². The quantitative estimate of drug-likeness (QED) is 0.443. The van der Waals surface area contributed by atoms with Gasteiger partial charge in [0, 0.05) is 7.05 Å². The van der Waals surface area contributed by atoms with Gasteiger partial charge in [0.05, 0.1) is 8.07 Å². The first kappa shape index (κ1) is 16.2. The summed E-state index contributed by atoms with van der Waals surface area (Å²) in [5.41, 5.74) is 1.08. The van der Waals surface area contributed by atoms with Crippen molar-refractivity contribution >= 4 is 8.07 Å². The lowest BCUT2D eigenvalue weighted by Crippen LogP contribution is -2.40. The van der Waals surface area contributed by atoms with Crippen LogP contribution in [0.1, 0.15) is 13.8 Å². The van der Waals surface area contributed by atoms with E-state index in [0.717, 1.165) is 5.57 Å². The maximum absolute atomic E-state index is 4.10. The molecule has 0 radical (unpaired) electrons. The van der Waals surface area contributed by atoms with Gasteiger partial charge in [0.25, 0.3) is 0 Å². The minimum absolute atomic E-state index is 0.164. The van der Waals surface area contributed by atoms with Crippen molar-refractivity contribution in [1.29, 1.82) is 0 Å². The first-order chi connectivity index (χ1) is 7.73. The predicted molar refractivity (Wildman–Crippen MR) is 81.7 cm³/mol. The highest BCUT2D eigenvalue weighted by molar-refractivity contribution is 6.82. The summed E-state index contributed by atoms with van der Waals surface area (Å²) in [6, 6.07) is 0. The maximum Gasteiger partial charge on any atom is 0.104 e. The lowest BCUT2D eigenvalue weighted by molar-refractivity contribution is 0.335. The number of rotatable bonds is 6. The Hall–Kier alpha value is -0.803. The average Bonchev–Trinajstić information content (AvgIpc) is 2.17. The average molecular weight is 252 g/mol. The van der Waals surface area contributed by atoms with Crippen molar-refractivity contribution in [3.8, 4) is 0 Å². The Morgan fingerprint density at radius 3 is 2.24 bits per heavy atom. The molecule has 0 fully saturated rings. The van der Waals surface area contributed by atoms with Crippen LogP contribution >= 0.6 is 0 Å². The van der Waals surface area contributed by atoms with E-state index < -0.39 is 8.07 Å². The first-order valence-corrected chi connectivity index (χ1v) is 9.63. The van der Waals surface area contributed by atoms with Gasteiger partial charge in [-0.15, -0.1) is 0 Å². The van der Waals surface area contributed by atoms with Gasteiger partial charge in [0.1, 0.15) is 6.17 Å². The Bertz CT molecular complexity index is 311. The summed E-state index contributed by atoms with van der Waals surface area (Å²) in [5, 5.41) is 4.78. The molecule has 98 valence electrons. The molecule has 0 heterocycles. The first-order valence-electron chi connectivity index (χ1n) is 6.13. The lowest BCUT2D eigenvalue weighted by Gasteiger charge is -2.29. The van der Waals surface area contributed by atoms with Gasteiger partial charge in [-0.25, -0.2) is 0 Å². The third-order valence-corrected chi connectivity index (χ3v) is 5.49. The Balaban J connectivity index is 4.89. The number of hydrogen-bond acceptors (Lipinski definition) is 2. The van der Waals surface area contributed by atoms with Crippen LogP contribution in [0.4, 0.5) is 0 Å². The molecule has 0 saturated carbocycles. The summed E-state index contributed by atoms with van der Waals surface area (Å²) >= 11 is 0. The smallest absolute Gasteiger partial charge is 0.104 e. The zero-order chi connectivity index (χ0) is 13.6. The molecular weight excluding hydrogens is 224 g/mol. The molecule has 0 aliphatic heterocycles. The van der Waals surface area contributed by atoms with Crippen molar-refractivity contribution in [2.75, 3.05) is 14.1 Å². The highest BCUT2D eigenvalue weighted by Gasteiger charge is 2.18. The van der Waals surface area contributed by atoms with Gasteiger partial charge in [-0.3, -0.25) is 5.32 Å². The van der Waals surface area contributed by atoms with Crippen molar-refractivity contribution in [2.24, 2.45) is 0 Å². The van der Waals surface area contributed by atoms with Crippen LogP contribution in [0.2, 0.25) is 19.6 Å². The van der Waals surface area contributed by atoms with Crippen LogP contribution in [-0.2, 0) is 0 Å². The summed E-state index contributed by atoms with van der Waals surface area (Å²) in [4.78, 5) is 2.20. The second kappa shape index (κ2) is 6.82. The van der Waals surface area contributed by atoms with Crippen LogP contribution in [0, 0.1) is 0 Å². The molecule has 1 N–H and O–H groups in total. The number of hydrogen-bond donors (Lipinski definition) is 1. The summed E-state index contributed by atoms with van der Waals surface area (Å²) < 4.78 is 0. The predicted octanol–water partition coefficient (Wildman–Crippen LogP) is 3.38. The van der Waals surface area contributed by atoms with Gasteiger partial charge >= 0.3 is 0 Å². The molecule has 2 nitrogen and oxygen atoms in total. The molecule has 0 aliphatic carbocycles. The molecule has 0 rings (SSSR count). The highest BCUT2D eigenvalue weighted by Crippen LogP contribution is 2.16. The standard InChI is InChI=1S/C14H28N2Si/c1-9-10-12(2)14(15-4)16(5)11-13(3)17(6,7)8/h9-11,14-15H,2H2,1,3-8H3/b10-9-,13-11+. The van der Waals surface area contributed by atoms with E-state index >= 15 is 0 Å². The van der Waals surface area contributed by atoms with Gasteiger partial charge in [-0.2, -0.15) is 0 Å². The summed E-state index contributed by atoms with van der Waals surface area (Å²) in [6.07, 6.45) is 6.49. The van der Waals surface area contributed by atoms with Crippen LogP contribution in [0.5, 0.6) is 0 Å². The third kappa shape index (κ3) is 5.37. The van der Waals surface area contributed by atoms with Crippen molar-refractivity contribution in [3.63, 3.8) is 0 Å². The van der Waals surface area contributed by atoms with Crippen LogP contribution in [0.3, 0.4) is 0 Å². The topological polar surface area (TPSA) is 15.3 Å². The molecule has 0 saturated heterocycles. The minimum Gasteiger partial charge on any atom is -0.362 e. The Morgan fingerprint density at radius 1 is 1.35 bits per heavy atom. The lowest BCUT2D eigenvalue weighted by atomic mass is 10.2. The number of likely N-dealkylation sites (N-methyl/N-ethyl adjacent to an activating group) is 2. The van der Waals surface area contributed by atoms with E-state index in [-0.39, 0.29) is 6.17 Å². The summed E-state index contributed by atoms with van der Waals surface area (Å²) in [7, 11) is 2.87. The molecule has 0 aromatic rings. The van der Waals surface area contributed by atoms with Crippen LogP contribution in [0.15, 0.2) is 35.7 Å². The second-order valence-electron chi connectivity index (χ2n) is 5.49. The second-order valence-corrected chi connectivity index (χ2v) is 10.8. The molecule has 0 aliphatic rings. The molecule has 0 bridgehead atoms. The van der Waals surface area contributed by atoms with Crippen LogP contribution < -0.4 is 5.32 Å². The number of nitrogens with zero attached hydrogens (tertiary/aromatic N) is 1. The Labute approximate surface area is 108 Å². The fraction of sp³-hybridized carbons (Fsp3) is 0.571. The number of nitrogens with one attached hydrogen (secondary N) is 1. The van der Waals surface area contributed by atoms with Crippen LogP contribution in [-0.4, -0.2) is 33.2 Å². The van der Waals surface area contributed by atoms with Crippen LogP contribution in [0.25, 0.3) is 0 Å². The van der Waals surface area contributed by atoms with Gasteiger partial charge in [0.15, 0.2) is 0 Å². The van der Waals surface area contributed by atoms with Crippen molar-refractivity contribution in [3.05, 3.63) is 35.7 Å². The number of allylic oxidation sites excluding steroid dienone is 2. The zero-order valence-electron chi connectivity index (χ0n) is 12.5. The van der Waals surface area contributed by atoms with Crippen molar-refractivity contribution < 1.29 is 0 Å². The molecule has 1 unspecified atom stereocenters. The van der Waals surface area contributed by atoms with E-state index in [9.17, 15) is 0 Å². The highest BCUT2D eigenvalue weighted by atomic mass is 28.3. The summed E-state index contributed by atoms with van der Waals surface area (Å²) in [6.45, 7) is 15.4. The third-order valence-electron chi connectivity index (χ3n) is 2.99. The van der Waals surface area contributed by atoms with E-state index in [1.54, 1.807) is 0 Å². The monoisotopic (exact) mass is 252 g/mol. The Morgan fingerprint density at radius 2 is 1.88 bits per heavy atom. The molecule has 0 amide bonds. The van der Waals surface area contributed by atoms with Crippen molar-refractivity contribution in [2.45, 2.75) is 39.7 Å². The SMILES string of the molecule is C=C(/C=C\C)C(NC)N(C)/C=C(\C)[Si](C)(C)C. The fourth-order valence-corrected chi connectivity index (χ4v) is 2.12. The molecule has 17 heavy (non-hydrogen) atoms. The molecular formula is C14H28N2Si. The van der Waals surface area contributed by atoms with E-state index in [0.29, 0.717) is 0 Å². The Kier molecular flexibility index (Phi) is 6.49. The molecule has 3 heteroatoms. The zero-order valence-corrected chi connectivity index (χ0v) is 13.5. The van der Waals surface area contributed by atoms with E-state index in [1.807, 2.05) is 20.0 Å². The van der Waals surface area contributed by atoms with Gasteiger partial charge in [-0.1, -0.05) is 43.6 Å². The molecule has 0 aromatic carbocycles. The van der Waals surface area contributed by atoms with E-state index in [2.05, 4.69) is 62.7 Å². The molecule has 0 aromatic heterocycles.